The highest BCUT2D eigenvalue weighted by molar-refractivity contribution is 9.10. The highest BCUT2D eigenvalue weighted by Gasteiger charge is 2.15. The number of hydrogen-bond donors (Lipinski definition) is 1. The lowest BCUT2D eigenvalue weighted by Crippen LogP contribution is -2.04. The summed E-state index contributed by atoms with van der Waals surface area (Å²) in [6, 6.07) is 7.26. The predicted molar refractivity (Wildman–Crippen MR) is 77.6 cm³/mol. The summed E-state index contributed by atoms with van der Waals surface area (Å²) in [6.07, 6.45) is 0. The van der Waals surface area contributed by atoms with Gasteiger partial charge in [-0.1, -0.05) is 22.0 Å². The average molecular weight is 375 g/mol. The number of benzene rings is 2. The van der Waals surface area contributed by atoms with E-state index in [9.17, 15) is 17.8 Å². The van der Waals surface area contributed by atoms with Gasteiger partial charge in [0.05, 0.1) is 22.1 Å². The molecule has 1 atom stereocenters. The van der Waals surface area contributed by atoms with Crippen LogP contribution >= 0.6 is 15.9 Å². The zero-order valence-corrected chi connectivity index (χ0v) is 12.9. The topological polar surface area (TPSA) is 54.4 Å². The maximum Gasteiger partial charge on any atom is 0.338 e. The Hall–Kier alpha value is -1.60. The third kappa shape index (κ3) is 3.74. The molecule has 21 heavy (non-hydrogen) atoms. The molecule has 3 nitrogen and oxygen atoms in total. The summed E-state index contributed by atoms with van der Waals surface area (Å²) in [7, 11) is -1.57. The number of carbonyl (C=O) groups is 1. The molecule has 0 aliphatic heterocycles. The number of hydrogen-bond acceptors (Lipinski definition) is 2. The lowest BCUT2D eigenvalue weighted by molar-refractivity contribution is 0.0691. The molecule has 1 N–H and O–H groups in total. The van der Waals surface area contributed by atoms with Crippen LogP contribution in [0.15, 0.2) is 45.8 Å². The molecule has 0 amide bonds. The second kappa shape index (κ2) is 6.44. The molecule has 2 aromatic carbocycles. The van der Waals surface area contributed by atoms with Crippen LogP contribution in [0.2, 0.25) is 0 Å². The van der Waals surface area contributed by atoms with Crippen LogP contribution in [-0.2, 0) is 16.6 Å². The largest absolute Gasteiger partial charge is 0.478 e. The predicted octanol–water partition coefficient (Wildman–Crippen LogP) is 3.73. The Morgan fingerprint density at radius 3 is 2.52 bits per heavy atom. The van der Waals surface area contributed by atoms with Gasteiger partial charge in [0.15, 0.2) is 0 Å². The van der Waals surface area contributed by atoms with Crippen molar-refractivity contribution in [3.8, 4) is 0 Å². The minimum atomic E-state index is -1.57. The van der Waals surface area contributed by atoms with Crippen molar-refractivity contribution in [2.24, 2.45) is 0 Å². The second-order valence-electron chi connectivity index (χ2n) is 4.17. The van der Waals surface area contributed by atoms with Crippen molar-refractivity contribution >= 4 is 32.7 Å². The maximum atomic E-state index is 13.3. The summed E-state index contributed by atoms with van der Waals surface area (Å²) in [5.41, 5.74) is 0.0787. The monoisotopic (exact) mass is 374 g/mol. The summed E-state index contributed by atoms with van der Waals surface area (Å²) in [5, 5.41) is 8.85. The third-order valence-electron chi connectivity index (χ3n) is 2.73. The lowest BCUT2D eigenvalue weighted by Gasteiger charge is -2.06. The fraction of sp³-hybridized carbons (Fsp3) is 0.0714. The van der Waals surface area contributed by atoms with E-state index in [2.05, 4.69) is 15.9 Å². The number of halogens is 3. The molecule has 7 heteroatoms. The Bertz CT molecular complexity index is 734. The Morgan fingerprint density at radius 2 is 1.90 bits per heavy atom. The van der Waals surface area contributed by atoms with E-state index in [1.54, 1.807) is 0 Å². The third-order valence-corrected chi connectivity index (χ3v) is 4.82. The van der Waals surface area contributed by atoms with Crippen LogP contribution < -0.4 is 0 Å². The first-order valence-electron chi connectivity index (χ1n) is 5.73. The quantitative estimate of drug-likeness (QED) is 0.886. The van der Waals surface area contributed by atoms with E-state index in [0.29, 0.717) is 10.0 Å². The summed E-state index contributed by atoms with van der Waals surface area (Å²) in [5.74, 6) is -2.67. The first-order valence-corrected chi connectivity index (χ1v) is 7.85. The van der Waals surface area contributed by atoms with E-state index < -0.39 is 34.0 Å². The molecule has 0 heterocycles. The molecule has 0 aliphatic rings. The molecule has 0 aliphatic carbocycles. The van der Waals surface area contributed by atoms with Gasteiger partial charge in [0, 0.05) is 9.37 Å². The van der Waals surface area contributed by atoms with Gasteiger partial charge in [-0.25, -0.2) is 13.6 Å². The van der Waals surface area contributed by atoms with Gasteiger partial charge in [-0.05, 0) is 35.9 Å². The van der Waals surface area contributed by atoms with Crippen LogP contribution in [0.4, 0.5) is 8.78 Å². The molecular weight excluding hydrogens is 366 g/mol. The number of aromatic carboxylic acids is 1. The molecule has 0 saturated carbocycles. The Kier molecular flexibility index (Phi) is 4.84. The van der Waals surface area contributed by atoms with Crippen LogP contribution in [0.25, 0.3) is 0 Å². The van der Waals surface area contributed by atoms with Crippen molar-refractivity contribution in [2.75, 3.05) is 0 Å². The van der Waals surface area contributed by atoms with Crippen LogP contribution in [0.5, 0.6) is 0 Å². The highest BCUT2D eigenvalue weighted by Crippen LogP contribution is 2.22. The SMILES string of the molecule is O=C(O)c1cc(S(=O)Cc2ccc(F)cc2Br)ccc1F. The van der Waals surface area contributed by atoms with Gasteiger partial charge < -0.3 is 5.11 Å². The second-order valence-corrected chi connectivity index (χ2v) is 6.48. The van der Waals surface area contributed by atoms with Crippen LogP contribution in [-0.4, -0.2) is 15.3 Å². The van der Waals surface area contributed by atoms with E-state index in [0.717, 1.165) is 12.1 Å². The highest BCUT2D eigenvalue weighted by atomic mass is 79.9. The van der Waals surface area contributed by atoms with Crippen molar-refractivity contribution in [1.82, 2.24) is 0 Å². The number of rotatable bonds is 4. The van der Waals surface area contributed by atoms with Crippen molar-refractivity contribution in [3.05, 3.63) is 63.6 Å². The van der Waals surface area contributed by atoms with Gasteiger partial charge in [0.2, 0.25) is 0 Å². The maximum absolute atomic E-state index is 13.3. The first kappa shape index (κ1) is 15.8. The standard InChI is InChI=1S/C14H9BrF2O3S/c15-12-5-9(16)2-1-8(12)7-21(20)10-3-4-13(17)11(6-10)14(18)19/h1-6H,7H2,(H,18,19). The van der Waals surface area contributed by atoms with Crippen LogP contribution in [0.3, 0.4) is 0 Å². The van der Waals surface area contributed by atoms with Gasteiger partial charge in [-0.2, -0.15) is 0 Å². The van der Waals surface area contributed by atoms with E-state index in [4.69, 9.17) is 5.11 Å². The average Bonchev–Trinajstić information content (AvgIpc) is 2.42. The minimum absolute atomic E-state index is 0.0611. The molecule has 0 spiro atoms. The Balaban J connectivity index is 2.28. The van der Waals surface area contributed by atoms with Crippen molar-refractivity contribution in [1.29, 1.82) is 0 Å². The molecule has 110 valence electrons. The summed E-state index contributed by atoms with van der Waals surface area (Å²) < 4.78 is 39.0. The first-order chi connectivity index (χ1) is 9.88. The van der Waals surface area contributed by atoms with E-state index in [1.807, 2.05) is 0 Å². The molecule has 0 saturated heterocycles. The number of carboxylic acid groups (broad SMARTS) is 1. The van der Waals surface area contributed by atoms with Gasteiger partial charge in [-0.3, -0.25) is 4.21 Å². The smallest absolute Gasteiger partial charge is 0.338 e. The van der Waals surface area contributed by atoms with Gasteiger partial charge in [-0.15, -0.1) is 0 Å². The fourth-order valence-corrected chi connectivity index (χ4v) is 3.52. The molecule has 0 bridgehead atoms. The molecule has 1 unspecified atom stereocenters. The normalized spacial score (nSPS) is 12.1. The van der Waals surface area contributed by atoms with E-state index in [1.165, 1.54) is 24.3 Å². The zero-order chi connectivity index (χ0) is 15.6. The van der Waals surface area contributed by atoms with E-state index in [-0.39, 0.29) is 10.6 Å². The van der Waals surface area contributed by atoms with Crippen LogP contribution in [0, 0.1) is 11.6 Å². The molecule has 2 aromatic rings. The molecule has 2 rings (SSSR count). The molecular formula is C14H9BrF2O3S. The van der Waals surface area contributed by atoms with Crippen LogP contribution in [0.1, 0.15) is 15.9 Å². The van der Waals surface area contributed by atoms with Gasteiger partial charge in [0.25, 0.3) is 0 Å². The minimum Gasteiger partial charge on any atom is -0.478 e. The van der Waals surface area contributed by atoms with Gasteiger partial charge in [0.1, 0.15) is 11.6 Å². The zero-order valence-electron chi connectivity index (χ0n) is 10.5. The number of carboxylic acids is 1. The summed E-state index contributed by atoms with van der Waals surface area (Å²) >= 11 is 3.17. The molecule has 0 radical (unpaired) electrons. The fourth-order valence-electron chi connectivity index (χ4n) is 1.67. The molecule has 0 aromatic heterocycles. The summed E-state index contributed by atoms with van der Waals surface area (Å²) in [6.45, 7) is 0. The van der Waals surface area contributed by atoms with Gasteiger partial charge >= 0.3 is 5.97 Å². The Morgan fingerprint density at radius 1 is 1.19 bits per heavy atom. The summed E-state index contributed by atoms with van der Waals surface area (Å²) in [4.78, 5) is 11.1. The van der Waals surface area contributed by atoms with Crippen molar-refractivity contribution in [2.45, 2.75) is 10.6 Å². The Labute approximate surface area is 130 Å². The lowest BCUT2D eigenvalue weighted by atomic mass is 10.2. The van der Waals surface area contributed by atoms with E-state index >= 15 is 0 Å². The molecule has 0 fully saturated rings. The van der Waals surface area contributed by atoms with Crippen molar-refractivity contribution < 1.29 is 22.9 Å². The van der Waals surface area contributed by atoms with Crippen molar-refractivity contribution in [3.63, 3.8) is 0 Å².